The average Bonchev–Trinajstić information content (AvgIpc) is 3.40. The summed E-state index contributed by atoms with van der Waals surface area (Å²) in [7, 11) is 2.01. The van der Waals surface area contributed by atoms with Gasteiger partial charge in [0.15, 0.2) is 0 Å². The summed E-state index contributed by atoms with van der Waals surface area (Å²) < 4.78 is 14.1. The number of hydrogen-bond acceptors (Lipinski definition) is 5. The molecule has 2 unspecified atom stereocenters. The van der Waals surface area contributed by atoms with Crippen molar-refractivity contribution in [1.82, 2.24) is 9.55 Å². The highest BCUT2D eigenvalue weighted by Crippen LogP contribution is 2.48. The van der Waals surface area contributed by atoms with Gasteiger partial charge >= 0.3 is 5.97 Å². The number of ether oxygens (including phenoxy) is 2. The van der Waals surface area contributed by atoms with Crippen LogP contribution in [-0.2, 0) is 27.9 Å². The first kappa shape index (κ1) is 21.9. The highest BCUT2D eigenvalue weighted by molar-refractivity contribution is 8.00. The van der Waals surface area contributed by atoms with Crippen LogP contribution in [0.4, 0.5) is 0 Å². The monoisotopic (exact) mass is 456 g/mol. The van der Waals surface area contributed by atoms with Gasteiger partial charge in [0, 0.05) is 36.6 Å². The average molecular weight is 457 g/mol. The van der Waals surface area contributed by atoms with Crippen molar-refractivity contribution in [3.8, 4) is 0 Å². The van der Waals surface area contributed by atoms with Crippen molar-refractivity contribution in [2.24, 2.45) is 7.05 Å². The number of benzene rings is 2. The van der Waals surface area contributed by atoms with Crippen LogP contribution in [0.25, 0.3) is 0 Å². The molecule has 1 aliphatic rings. The van der Waals surface area contributed by atoms with Gasteiger partial charge < -0.3 is 14.0 Å². The van der Waals surface area contributed by atoms with Crippen LogP contribution in [-0.4, -0.2) is 34.0 Å². The molecule has 0 amide bonds. The number of esters is 1. The summed E-state index contributed by atoms with van der Waals surface area (Å²) in [5.41, 5.74) is 1.63. The van der Waals surface area contributed by atoms with Crippen LogP contribution in [0.15, 0.2) is 67.0 Å². The second-order valence-electron chi connectivity index (χ2n) is 7.58. The van der Waals surface area contributed by atoms with Crippen LogP contribution in [0.5, 0.6) is 0 Å². The van der Waals surface area contributed by atoms with E-state index in [0.717, 1.165) is 36.4 Å². The van der Waals surface area contributed by atoms with Crippen LogP contribution in [0.3, 0.4) is 0 Å². The molecule has 4 rings (SSSR count). The van der Waals surface area contributed by atoms with E-state index in [4.69, 9.17) is 21.1 Å². The molecular weight excluding hydrogens is 432 g/mol. The standard InChI is InChI=1S/C24H25ClN2O3S/c1-27-15-14-26-22(27)8-5-13-24(19-9-11-20(25)12-10-19)30-21(17-31-24)16-29-23(28)18-6-3-2-4-7-18/h2-4,6-7,9-12,14-15,21H,5,8,13,16-17H2,1H3. The third kappa shape index (κ3) is 5.32. The predicted octanol–water partition coefficient (Wildman–Crippen LogP) is 5.24. The Balaban J connectivity index is 1.42. The fourth-order valence-electron chi connectivity index (χ4n) is 3.72. The number of aryl methyl sites for hydroxylation is 2. The van der Waals surface area contributed by atoms with E-state index in [1.54, 1.807) is 23.9 Å². The summed E-state index contributed by atoms with van der Waals surface area (Å²) in [4.78, 5) is 16.2. The Hall–Kier alpha value is -2.28. The second kappa shape index (κ2) is 9.90. The zero-order valence-electron chi connectivity index (χ0n) is 17.4. The topological polar surface area (TPSA) is 53.4 Å². The van der Waals surface area contributed by atoms with Crippen LogP contribution in [0.2, 0.25) is 5.02 Å². The number of imidazole rings is 1. The Kier molecular flexibility index (Phi) is 7.00. The van der Waals surface area contributed by atoms with Gasteiger partial charge in [-0.3, -0.25) is 0 Å². The van der Waals surface area contributed by atoms with Gasteiger partial charge in [0.1, 0.15) is 23.5 Å². The number of thioether (sulfide) groups is 1. The summed E-state index contributed by atoms with van der Waals surface area (Å²) in [6.07, 6.45) is 6.24. The second-order valence-corrected chi connectivity index (χ2v) is 9.30. The SMILES string of the molecule is Cn1ccnc1CCCC1(c2ccc(Cl)cc2)OC(COC(=O)c2ccccc2)CS1. The van der Waals surface area contributed by atoms with E-state index >= 15 is 0 Å². The molecule has 0 spiro atoms. The van der Waals surface area contributed by atoms with E-state index in [-0.39, 0.29) is 18.7 Å². The molecule has 0 N–H and O–H groups in total. The largest absolute Gasteiger partial charge is 0.459 e. The molecule has 1 aliphatic heterocycles. The van der Waals surface area contributed by atoms with Crippen LogP contribution in [0.1, 0.15) is 34.6 Å². The van der Waals surface area contributed by atoms with E-state index in [1.807, 2.05) is 66.5 Å². The molecule has 0 radical (unpaired) electrons. The molecule has 1 aromatic heterocycles. The maximum absolute atomic E-state index is 12.3. The molecule has 7 heteroatoms. The van der Waals surface area contributed by atoms with Gasteiger partial charge in [0.05, 0.1) is 5.56 Å². The molecule has 2 atom stereocenters. The van der Waals surface area contributed by atoms with Crippen LogP contribution in [0, 0.1) is 0 Å². The van der Waals surface area contributed by atoms with Gasteiger partial charge in [-0.25, -0.2) is 9.78 Å². The molecule has 2 aromatic carbocycles. The molecule has 1 saturated heterocycles. The number of nitrogens with zero attached hydrogens (tertiary/aromatic N) is 2. The van der Waals surface area contributed by atoms with Crippen molar-refractivity contribution in [1.29, 1.82) is 0 Å². The first-order valence-corrected chi connectivity index (χ1v) is 11.7. The molecule has 1 fully saturated rings. The van der Waals surface area contributed by atoms with Gasteiger partial charge in [-0.1, -0.05) is 41.9 Å². The smallest absolute Gasteiger partial charge is 0.338 e. The lowest BCUT2D eigenvalue weighted by Gasteiger charge is -2.29. The molecule has 3 aromatic rings. The quantitative estimate of drug-likeness (QED) is 0.434. The summed E-state index contributed by atoms with van der Waals surface area (Å²) in [5.74, 6) is 1.49. The van der Waals surface area contributed by atoms with Crippen molar-refractivity contribution >= 4 is 29.3 Å². The Morgan fingerprint density at radius 2 is 2.03 bits per heavy atom. The van der Waals surface area contributed by atoms with Crippen molar-refractivity contribution < 1.29 is 14.3 Å². The van der Waals surface area contributed by atoms with E-state index in [2.05, 4.69) is 4.98 Å². The summed E-state index contributed by atoms with van der Waals surface area (Å²) in [6, 6.07) is 16.9. The predicted molar refractivity (Wildman–Crippen MR) is 123 cm³/mol. The molecule has 0 aliphatic carbocycles. The molecule has 0 bridgehead atoms. The number of hydrogen-bond donors (Lipinski definition) is 0. The van der Waals surface area contributed by atoms with Gasteiger partial charge in [-0.05, 0) is 42.7 Å². The zero-order valence-corrected chi connectivity index (χ0v) is 18.9. The van der Waals surface area contributed by atoms with Gasteiger partial charge in [0.2, 0.25) is 0 Å². The molecular formula is C24H25ClN2O3S. The minimum atomic E-state index is -0.487. The third-order valence-electron chi connectivity index (χ3n) is 5.38. The number of carbonyl (C=O) groups excluding carboxylic acids is 1. The van der Waals surface area contributed by atoms with E-state index in [0.29, 0.717) is 10.6 Å². The third-order valence-corrected chi connectivity index (χ3v) is 7.17. The molecule has 162 valence electrons. The van der Waals surface area contributed by atoms with E-state index < -0.39 is 4.93 Å². The highest BCUT2D eigenvalue weighted by Gasteiger charge is 2.42. The van der Waals surface area contributed by atoms with Crippen molar-refractivity contribution in [2.75, 3.05) is 12.4 Å². The lowest BCUT2D eigenvalue weighted by Crippen LogP contribution is -2.28. The molecule has 2 heterocycles. The summed E-state index contributed by atoms with van der Waals surface area (Å²) >= 11 is 7.87. The fourth-order valence-corrected chi connectivity index (χ4v) is 5.26. The van der Waals surface area contributed by atoms with E-state index in [1.165, 1.54) is 0 Å². The number of aromatic nitrogens is 2. The molecule has 0 saturated carbocycles. The van der Waals surface area contributed by atoms with Crippen molar-refractivity contribution in [2.45, 2.75) is 30.3 Å². The highest BCUT2D eigenvalue weighted by atomic mass is 35.5. The minimum Gasteiger partial charge on any atom is -0.459 e. The maximum atomic E-state index is 12.3. The fraction of sp³-hybridized carbons (Fsp3) is 0.333. The van der Waals surface area contributed by atoms with Gasteiger partial charge in [-0.2, -0.15) is 0 Å². The van der Waals surface area contributed by atoms with Crippen molar-refractivity contribution in [3.05, 3.63) is 89.0 Å². The van der Waals surface area contributed by atoms with Crippen LogP contribution < -0.4 is 0 Å². The van der Waals surface area contributed by atoms with Crippen molar-refractivity contribution in [3.63, 3.8) is 0 Å². The van der Waals surface area contributed by atoms with Crippen LogP contribution >= 0.6 is 23.4 Å². The Morgan fingerprint density at radius 1 is 1.26 bits per heavy atom. The zero-order chi connectivity index (χ0) is 21.7. The Labute approximate surface area is 191 Å². The molecule has 31 heavy (non-hydrogen) atoms. The minimum absolute atomic E-state index is 0.165. The maximum Gasteiger partial charge on any atom is 0.338 e. The normalized spacial score (nSPS) is 20.6. The summed E-state index contributed by atoms with van der Waals surface area (Å²) in [6.45, 7) is 0.232. The van der Waals surface area contributed by atoms with E-state index in [9.17, 15) is 4.79 Å². The molecule has 5 nitrogen and oxygen atoms in total. The summed E-state index contributed by atoms with van der Waals surface area (Å²) in [5, 5.41) is 0.697. The first-order valence-electron chi connectivity index (χ1n) is 10.3. The first-order chi connectivity index (χ1) is 15.1. The van der Waals surface area contributed by atoms with Gasteiger partial charge in [0.25, 0.3) is 0 Å². The lowest BCUT2D eigenvalue weighted by atomic mass is 10.0. The Bertz CT molecular complexity index is 1010. The number of rotatable bonds is 8. The lowest BCUT2D eigenvalue weighted by molar-refractivity contribution is -0.0469. The Morgan fingerprint density at radius 3 is 2.74 bits per heavy atom. The number of carbonyl (C=O) groups is 1. The number of halogens is 1. The van der Waals surface area contributed by atoms with Gasteiger partial charge in [-0.15, -0.1) is 11.8 Å².